The molecule has 4 nitrogen and oxygen atoms in total. The fraction of sp³-hybridized carbons (Fsp3) is 0.333. The number of fused-ring (bicyclic) bond motifs is 1. The summed E-state index contributed by atoms with van der Waals surface area (Å²) in [5.41, 5.74) is -0.741. The number of carbonyl (C=O) groups is 2. The number of rotatable bonds is 5. The number of carbonyl (C=O) groups excluding carboxylic acids is 1. The average molecular weight is 291 g/mol. The Labute approximate surface area is 121 Å². The number of benzene rings is 1. The monoisotopic (exact) mass is 291 g/mol. The minimum atomic E-state index is -1.23. The molecule has 0 bridgehead atoms. The summed E-state index contributed by atoms with van der Waals surface area (Å²) in [6, 6.07) is 7.34. The van der Waals surface area contributed by atoms with Crippen LogP contribution in [0.5, 0.6) is 0 Å². The van der Waals surface area contributed by atoms with Crippen molar-refractivity contribution in [2.45, 2.75) is 32.2 Å². The first-order valence-corrected chi connectivity index (χ1v) is 7.37. The van der Waals surface area contributed by atoms with Crippen molar-refractivity contribution in [3.63, 3.8) is 0 Å². The molecule has 1 unspecified atom stereocenters. The molecule has 5 heteroatoms. The maximum atomic E-state index is 12.2. The summed E-state index contributed by atoms with van der Waals surface area (Å²) < 4.78 is 1.11. The van der Waals surface area contributed by atoms with Gasteiger partial charge in [0.2, 0.25) is 0 Å². The van der Waals surface area contributed by atoms with Gasteiger partial charge >= 0.3 is 5.97 Å². The largest absolute Gasteiger partial charge is 0.480 e. The van der Waals surface area contributed by atoms with Gasteiger partial charge in [0.25, 0.3) is 5.91 Å². The Morgan fingerprint density at radius 1 is 1.35 bits per heavy atom. The number of aliphatic carboxylic acids is 1. The van der Waals surface area contributed by atoms with Gasteiger partial charge in [0.1, 0.15) is 5.54 Å². The quantitative estimate of drug-likeness (QED) is 0.888. The van der Waals surface area contributed by atoms with Crippen molar-refractivity contribution in [3.05, 3.63) is 35.2 Å². The summed E-state index contributed by atoms with van der Waals surface area (Å²) in [5, 5.41) is 14.9. The molecule has 1 aromatic carbocycles. The van der Waals surface area contributed by atoms with Crippen LogP contribution in [0.25, 0.3) is 10.1 Å². The predicted octanol–water partition coefficient (Wildman–Crippen LogP) is 3.27. The first kappa shape index (κ1) is 14.5. The molecule has 106 valence electrons. The van der Waals surface area contributed by atoms with E-state index in [9.17, 15) is 14.7 Å². The van der Waals surface area contributed by atoms with Crippen LogP contribution in [-0.4, -0.2) is 22.5 Å². The Morgan fingerprint density at radius 2 is 2.10 bits per heavy atom. The number of amides is 1. The third-order valence-electron chi connectivity index (χ3n) is 3.33. The zero-order valence-corrected chi connectivity index (χ0v) is 12.3. The molecule has 1 amide bonds. The Bertz CT molecular complexity index is 649. The van der Waals surface area contributed by atoms with Crippen LogP contribution in [-0.2, 0) is 4.79 Å². The number of nitrogens with one attached hydrogen (secondary N) is 1. The zero-order valence-electron chi connectivity index (χ0n) is 11.5. The molecule has 2 aromatic rings. The maximum Gasteiger partial charge on any atom is 0.329 e. The number of carboxylic acids is 1. The number of hydrogen-bond donors (Lipinski definition) is 2. The second-order valence-electron chi connectivity index (χ2n) is 5.01. The van der Waals surface area contributed by atoms with Crippen molar-refractivity contribution in [1.82, 2.24) is 5.32 Å². The van der Waals surface area contributed by atoms with Gasteiger partial charge in [-0.25, -0.2) is 4.79 Å². The predicted molar refractivity (Wildman–Crippen MR) is 80.2 cm³/mol. The smallest absolute Gasteiger partial charge is 0.329 e. The molecule has 1 aromatic heterocycles. The van der Waals surface area contributed by atoms with Crippen LogP contribution >= 0.6 is 11.3 Å². The van der Waals surface area contributed by atoms with Gasteiger partial charge in [-0.15, -0.1) is 11.3 Å². The first-order chi connectivity index (χ1) is 9.46. The third-order valence-corrected chi connectivity index (χ3v) is 4.22. The van der Waals surface area contributed by atoms with E-state index in [4.69, 9.17) is 0 Å². The molecule has 20 heavy (non-hydrogen) atoms. The highest BCUT2D eigenvalue weighted by Gasteiger charge is 2.34. The molecule has 0 aliphatic heterocycles. The first-order valence-electron chi connectivity index (χ1n) is 6.49. The minimum Gasteiger partial charge on any atom is -0.480 e. The Balaban J connectivity index is 2.23. The summed E-state index contributed by atoms with van der Waals surface area (Å²) in [4.78, 5) is 23.6. The third kappa shape index (κ3) is 2.82. The van der Waals surface area contributed by atoms with E-state index in [-0.39, 0.29) is 5.91 Å². The van der Waals surface area contributed by atoms with Gasteiger partial charge in [0, 0.05) is 10.3 Å². The molecule has 0 aliphatic rings. The molecule has 0 aliphatic carbocycles. The highest BCUT2D eigenvalue weighted by Crippen LogP contribution is 2.22. The summed E-state index contributed by atoms with van der Waals surface area (Å²) in [7, 11) is 0. The lowest BCUT2D eigenvalue weighted by Crippen LogP contribution is -2.52. The molecule has 1 heterocycles. The topological polar surface area (TPSA) is 66.4 Å². The van der Waals surface area contributed by atoms with Gasteiger partial charge in [-0.2, -0.15) is 0 Å². The number of hydrogen-bond acceptors (Lipinski definition) is 3. The summed E-state index contributed by atoms with van der Waals surface area (Å²) in [6.45, 7) is 3.44. The van der Waals surface area contributed by atoms with Crippen LogP contribution in [0.4, 0.5) is 0 Å². The Kier molecular flexibility index (Phi) is 4.09. The van der Waals surface area contributed by atoms with Crippen molar-refractivity contribution in [3.8, 4) is 0 Å². The molecule has 0 fully saturated rings. The molecule has 2 rings (SSSR count). The van der Waals surface area contributed by atoms with Crippen LogP contribution in [0.1, 0.15) is 37.0 Å². The second kappa shape index (κ2) is 5.63. The average Bonchev–Trinajstić information content (AvgIpc) is 2.85. The van der Waals surface area contributed by atoms with Crippen LogP contribution in [0, 0.1) is 0 Å². The SMILES string of the molecule is CCCC(C)(NC(=O)c1ccc2sccc2c1)C(=O)O. The highest BCUT2D eigenvalue weighted by molar-refractivity contribution is 7.17. The van der Waals surface area contributed by atoms with Crippen molar-refractivity contribution in [2.24, 2.45) is 0 Å². The van der Waals surface area contributed by atoms with Crippen molar-refractivity contribution in [2.75, 3.05) is 0 Å². The van der Waals surface area contributed by atoms with E-state index in [0.29, 0.717) is 18.4 Å². The normalized spacial score (nSPS) is 13.9. The zero-order chi connectivity index (χ0) is 14.8. The molecule has 0 spiro atoms. The molecule has 1 atom stereocenters. The van der Waals surface area contributed by atoms with Crippen LogP contribution in [0.3, 0.4) is 0 Å². The van der Waals surface area contributed by atoms with E-state index in [0.717, 1.165) is 10.1 Å². The van der Waals surface area contributed by atoms with Crippen molar-refractivity contribution in [1.29, 1.82) is 0 Å². The summed E-state index contributed by atoms with van der Waals surface area (Å²) in [5.74, 6) is -1.36. The van der Waals surface area contributed by atoms with E-state index in [1.165, 1.54) is 0 Å². The van der Waals surface area contributed by atoms with Gasteiger partial charge in [-0.3, -0.25) is 4.79 Å². The minimum absolute atomic E-state index is 0.351. The van der Waals surface area contributed by atoms with Gasteiger partial charge in [-0.05, 0) is 48.4 Å². The molecular weight excluding hydrogens is 274 g/mol. The van der Waals surface area contributed by atoms with Gasteiger partial charge < -0.3 is 10.4 Å². The van der Waals surface area contributed by atoms with E-state index >= 15 is 0 Å². The van der Waals surface area contributed by atoms with E-state index in [2.05, 4.69) is 5.32 Å². The van der Waals surface area contributed by atoms with Gasteiger partial charge in [0.15, 0.2) is 0 Å². The molecule has 0 saturated heterocycles. The van der Waals surface area contributed by atoms with E-state index in [1.807, 2.05) is 24.4 Å². The molecule has 0 radical (unpaired) electrons. The number of thiophene rings is 1. The van der Waals surface area contributed by atoms with Crippen LogP contribution in [0.2, 0.25) is 0 Å². The lowest BCUT2D eigenvalue weighted by molar-refractivity contribution is -0.144. The Morgan fingerprint density at radius 3 is 2.75 bits per heavy atom. The maximum absolute atomic E-state index is 12.2. The summed E-state index contributed by atoms with van der Waals surface area (Å²) in [6.07, 6.45) is 1.08. The molecule has 0 saturated carbocycles. The molecule has 2 N–H and O–H groups in total. The van der Waals surface area contributed by atoms with Gasteiger partial charge in [-0.1, -0.05) is 13.3 Å². The van der Waals surface area contributed by atoms with Gasteiger partial charge in [0.05, 0.1) is 0 Å². The van der Waals surface area contributed by atoms with Crippen LogP contribution < -0.4 is 5.32 Å². The lowest BCUT2D eigenvalue weighted by Gasteiger charge is -2.25. The summed E-state index contributed by atoms with van der Waals surface area (Å²) >= 11 is 1.61. The van der Waals surface area contributed by atoms with E-state index < -0.39 is 11.5 Å². The lowest BCUT2D eigenvalue weighted by atomic mass is 9.95. The van der Waals surface area contributed by atoms with Crippen LogP contribution in [0.15, 0.2) is 29.6 Å². The molecular formula is C15H17NO3S. The number of carboxylic acid groups (broad SMARTS) is 1. The standard InChI is InChI=1S/C15H17NO3S/c1-3-7-15(2,14(18)19)16-13(17)11-4-5-12-10(9-11)6-8-20-12/h4-6,8-9H,3,7H2,1-2H3,(H,16,17)(H,18,19). The Hall–Kier alpha value is -1.88. The van der Waals surface area contributed by atoms with Crippen molar-refractivity contribution >= 4 is 33.3 Å². The highest BCUT2D eigenvalue weighted by atomic mass is 32.1. The fourth-order valence-electron chi connectivity index (χ4n) is 2.15. The van der Waals surface area contributed by atoms with Crippen molar-refractivity contribution < 1.29 is 14.7 Å². The van der Waals surface area contributed by atoms with E-state index in [1.54, 1.807) is 30.4 Å². The fourth-order valence-corrected chi connectivity index (χ4v) is 2.92. The second-order valence-corrected chi connectivity index (χ2v) is 5.96.